The Kier molecular flexibility index (Phi) is 10.2. The summed E-state index contributed by atoms with van der Waals surface area (Å²) in [5.74, 6) is -6.20. The highest BCUT2D eigenvalue weighted by Crippen LogP contribution is 2.51. The van der Waals surface area contributed by atoms with Gasteiger partial charge in [0.15, 0.2) is 6.23 Å². The maximum Gasteiger partial charge on any atom is 0.475 e. The molecule has 0 bridgehead atoms. The molecule has 2 aliphatic rings. The maximum atomic E-state index is 12.8. The number of rotatable bonds is 11. The number of nitrogens with zero attached hydrogens (tertiary/aromatic N) is 2. The highest BCUT2D eigenvalue weighted by Gasteiger charge is 2.59. The number of aliphatic carboxylic acids is 1. The number of hydrogen-bond acceptors (Lipinski definition) is 16. The molecule has 11 atom stereocenters. The maximum absolute atomic E-state index is 12.8. The molecule has 20 nitrogen and oxygen atoms in total. The minimum absolute atomic E-state index is 0.135. The number of carbonyl (C=O) groups is 2. The van der Waals surface area contributed by atoms with E-state index < -0.39 is 106 Å². The fraction of sp³-hybridized carbons (Fsp3) is 0.700. The standard InChI is InChI=1S/C20H31N4O16P/c1-7(26)22-12-8(27)4-20(18(32)33,39-16(12)13(29)9(28)5-25)40-41(35,36)37-6-10-14(30)15(31)17(38-10)24-3-2-11(21)23-19(24)34/h2-3,8-10,12-17,25,27-31H,4-6H2,1H3,(H,22,26)(H,32,33)(H,35,36)(H2,21,23,34)/t8-,9+,10+,12+,13+,14+,15+,16+,17+,20-/m0/s1. The minimum Gasteiger partial charge on any atom is -0.477 e. The first kappa shape index (κ1) is 32.9. The minimum atomic E-state index is -5.52. The zero-order valence-corrected chi connectivity index (χ0v) is 22.1. The molecule has 41 heavy (non-hydrogen) atoms. The number of aromatic nitrogens is 2. The van der Waals surface area contributed by atoms with Gasteiger partial charge in [-0.1, -0.05) is 0 Å². The Morgan fingerprint density at radius 3 is 2.54 bits per heavy atom. The number of anilines is 1. The summed E-state index contributed by atoms with van der Waals surface area (Å²) in [7, 11) is -5.52. The van der Waals surface area contributed by atoms with Crippen molar-refractivity contribution in [2.75, 3.05) is 18.9 Å². The van der Waals surface area contributed by atoms with Crippen LogP contribution in [0.5, 0.6) is 0 Å². The van der Waals surface area contributed by atoms with Crippen molar-refractivity contribution in [2.24, 2.45) is 0 Å². The molecule has 0 spiro atoms. The number of hydrogen-bond donors (Lipinski definition) is 10. The Balaban J connectivity index is 1.79. The molecule has 2 aliphatic heterocycles. The molecule has 11 N–H and O–H groups in total. The van der Waals surface area contributed by atoms with E-state index in [1.807, 2.05) is 0 Å². The van der Waals surface area contributed by atoms with Crippen LogP contribution in [0.4, 0.5) is 5.82 Å². The van der Waals surface area contributed by atoms with Gasteiger partial charge in [-0.05, 0) is 6.07 Å². The smallest absolute Gasteiger partial charge is 0.475 e. The van der Waals surface area contributed by atoms with E-state index in [1.165, 1.54) is 6.07 Å². The monoisotopic (exact) mass is 614 g/mol. The van der Waals surface area contributed by atoms with Crippen molar-refractivity contribution in [1.29, 1.82) is 0 Å². The van der Waals surface area contributed by atoms with Crippen LogP contribution in [0.3, 0.4) is 0 Å². The van der Waals surface area contributed by atoms with E-state index in [9.17, 15) is 59.6 Å². The number of carboxylic acid groups (broad SMARTS) is 1. The van der Waals surface area contributed by atoms with E-state index >= 15 is 0 Å². The second-order valence-electron chi connectivity index (χ2n) is 9.32. The van der Waals surface area contributed by atoms with Crippen molar-refractivity contribution in [3.8, 4) is 0 Å². The molecule has 0 radical (unpaired) electrons. The third kappa shape index (κ3) is 7.25. The molecule has 232 valence electrons. The Morgan fingerprint density at radius 1 is 1.32 bits per heavy atom. The van der Waals surface area contributed by atoms with Gasteiger partial charge in [0.05, 0.1) is 25.4 Å². The first-order chi connectivity index (χ1) is 19.0. The SMILES string of the molecule is CC(=O)N[C@H]1[C@H]([C@H](O)[C@H](O)CO)O[C@@](OP(=O)(O)OC[C@H]2O[C@@H](n3ccc(N)nc3=O)[C@H](O)[C@@H]2O)(C(=O)O)C[C@@H]1O. The van der Waals surface area contributed by atoms with E-state index in [-0.39, 0.29) is 5.82 Å². The van der Waals surface area contributed by atoms with Crippen LogP contribution in [-0.2, 0) is 32.7 Å². The number of aliphatic hydroxyl groups is 6. The second kappa shape index (κ2) is 12.7. The van der Waals surface area contributed by atoms with Crippen LogP contribution in [0.2, 0.25) is 0 Å². The highest BCUT2D eigenvalue weighted by molar-refractivity contribution is 7.47. The Hall–Kier alpha value is -2.59. The van der Waals surface area contributed by atoms with E-state index in [4.69, 9.17) is 24.3 Å². The first-order valence-electron chi connectivity index (χ1n) is 11.9. The van der Waals surface area contributed by atoms with Gasteiger partial charge in [0.2, 0.25) is 5.91 Å². The number of ether oxygens (including phenoxy) is 2. The number of nitrogens with one attached hydrogen (secondary N) is 1. The summed E-state index contributed by atoms with van der Waals surface area (Å²) < 4.78 is 33.7. The number of carbonyl (C=O) groups excluding carboxylic acids is 1. The van der Waals surface area contributed by atoms with Crippen LogP contribution in [-0.4, -0.2) is 130 Å². The molecule has 0 aliphatic carbocycles. The van der Waals surface area contributed by atoms with Crippen LogP contribution in [0.1, 0.15) is 19.6 Å². The molecule has 2 fully saturated rings. The lowest BCUT2D eigenvalue weighted by atomic mass is 9.88. The summed E-state index contributed by atoms with van der Waals surface area (Å²) in [5.41, 5.74) is 4.46. The summed E-state index contributed by atoms with van der Waals surface area (Å²) in [6.07, 6.45) is -14.6. The highest BCUT2D eigenvalue weighted by atomic mass is 31.2. The van der Waals surface area contributed by atoms with Crippen molar-refractivity contribution in [3.63, 3.8) is 0 Å². The van der Waals surface area contributed by atoms with Gasteiger partial charge in [-0.25, -0.2) is 18.7 Å². The average Bonchev–Trinajstić information content (AvgIpc) is 3.16. The molecule has 1 amide bonds. The van der Waals surface area contributed by atoms with Crippen LogP contribution < -0.4 is 16.7 Å². The molecular formula is C20H31N4O16P. The van der Waals surface area contributed by atoms with Gasteiger partial charge < -0.3 is 61.2 Å². The first-order valence-corrected chi connectivity index (χ1v) is 13.4. The summed E-state index contributed by atoms with van der Waals surface area (Å²) in [5, 5.41) is 72.7. The zero-order chi connectivity index (χ0) is 30.9. The third-order valence-electron chi connectivity index (χ3n) is 6.31. The van der Waals surface area contributed by atoms with Crippen molar-refractivity contribution in [3.05, 3.63) is 22.7 Å². The lowest BCUT2D eigenvalue weighted by molar-refractivity contribution is -0.289. The largest absolute Gasteiger partial charge is 0.477 e. The van der Waals surface area contributed by atoms with Crippen LogP contribution >= 0.6 is 7.82 Å². The van der Waals surface area contributed by atoms with Crippen molar-refractivity contribution >= 4 is 25.5 Å². The van der Waals surface area contributed by atoms with Gasteiger partial charge >= 0.3 is 19.5 Å². The Labute approximate surface area is 230 Å². The van der Waals surface area contributed by atoms with E-state index in [0.29, 0.717) is 0 Å². The van der Waals surface area contributed by atoms with E-state index in [2.05, 4.69) is 10.3 Å². The number of nitrogen functional groups attached to an aromatic ring is 1. The predicted octanol–water partition coefficient (Wildman–Crippen LogP) is -5.27. The topological polar surface area (TPSA) is 323 Å². The van der Waals surface area contributed by atoms with Crippen molar-refractivity contribution < 1.29 is 73.3 Å². The van der Waals surface area contributed by atoms with Gasteiger partial charge in [0, 0.05) is 19.5 Å². The number of amides is 1. The van der Waals surface area contributed by atoms with Crippen molar-refractivity contribution in [2.45, 2.75) is 74.1 Å². The quantitative estimate of drug-likeness (QED) is 0.104. The van der Waals surface area contributed by atoms with Crippen LogP contribution in [0.15, 0.2) is 17.1 Å². The number of carboxylic acids is 1. The number of aliphatic hydroxyl groups excluding tert-OH is 6. The number of nitrogens with two attached hydrogens (primary N) is 1. The lowest BCUT2D eigenvalue weighted by Gasteiger charge is -2.46. The molecule has 1 aromatic heterocycles. The van der Waals surface area contributed by atoms with Gasteiger partial charge in [-0.15, -0.1) is 0 Å². The Morgan fingerprint density at radius 2 is 1.98 bits per heavy atom. The number of phosphoric acid groups is 1. The summed E-state index contributed by atoms with van der Waals surface area (Å²) in [6, 6.07) is -0.362. The molecule has 3 heterocycles. The fourth-order valence-corrected chi connectivity index (χ4v) is 5.27. The summed E-state index contributed by atoms with van der Waals surface area (Å²) in [6.45, 7) is -1.05. The normalized spacial score (nSPS) is 34.9. The number of phosphoric ester groups is 1. The lowest BCUT2D eigenvalue weighted by Crippen LogP contribution is -2.67. The van der Waals surface area contributed by atoms with E-state index in [0.717, 1.165) is 17.7 Å². The molecule has 3 rings (SSSR count). The molecule has 21 heteroatoms. The van der Waals surface area contributed by atoms with E-state index in [1.54, 1.807) is 0 Å². The Bertz CT molecular complexity index is 1220. The molecule has 1 unspecified atom stereocenters. The van der Waals surface area contributed by atoms with Gasteiger partial charge in [0.1, 0.15) is 42.4 Å². The molecule has 0 aromatic carbocycles. The predicted molar refractivity (Wildman–Crippen MR) is 128 cm³/mol. The van der Waals surface area contributed by atoms with Crippen molar-refractivity contribution in [1.82, 2.24) is 14.9 Å². The molecular weight excluding hydrogens is 583 g/mol. The van der Waals surface area contributed by atoms with Gasteiger partial charge in [-0.2, -0.15) is 4.98 Å². The van der Waals surface area contributed by atoms with Gasteiger partial charge in [-0.3, -0.25) is 13.9 Å². The molecule has 0 saturated carbocycles. The molecule has 2 saturated heterocycles. The third-order valence-corrected chi connectivity index (χ3v) is 7.32. The summed E-state index contributed by atoms with van der Waals surface area (Å²) >= 11 is 0. The zero-order valence-electron chi connectivity index (χ0n) is 21.2. The van der Waals surface area contributed by atoms with Crippen LogP contribution in [0.25, 0.3) is 0 Å². The average molecular weight is 614 g/mol. The van der Waals surface area contributed by atoms with Gasteiger partial charge in [0.25, 0.3) is 5.79 Å². The molecule has 1 aromatic rings. The second-order valence-corrected chi connectivity index (χ2v) is 10.7. The summed E-state index contributed by atoms with van der Waals surface area (Å²) in [4.78, 5) is 49.6. The van der Waals surface area contributed by atoms with Crippen LogP contribution in [0, 0.1) is 0 Å². The fourth-order valence-electron chi connectivity index (χ4n) is 4.32.